The molecule has 0 amide bonds. The number of pyridine rings is 1. The number of hydrogen-bond donors (Lipinski definition) is 2. The topological polar surface area (TPSA) is 40.2 Å². The van der Waals surface area contributed by atoms with E-state index in [0.717, 1.165) is 25.5 Å². The van der Waals surface area contributed by atoms with E-state index in [9.17, 15) is 0 Å². The maximum atomic E-state index is 4.37. The predicted molar refractivity (Wildman–Crippen MR) is 77.3 cm³/mol. The highest BCUT2D eigenvalue weighted by molar-refractivity contribution is 5.54. The van der Waals surface area contributed by atoms with Gasteiger partial charge in [-0.25, -0.2) is 4.98 Å². The molecule has 0 aromatic carbocycles. The number of hydrogen-bond acceptors (Lipinski definition) is 4. The van der Waals surface area contributed by atoms with Gasteiger partial charge in [0.2, 0.25) is 0 Å². The molecule has 100 valence electrons. The van der Waals surface area contributed by atoms with E-state index in [2.05, 4.69) is 39.6 Å². The minimum Gasteiger partial charge on any atom is -0.370 e. The molecular formula is C14H24N4. The molecule has 0 saturated carbocycles. The van der Waals surface area contributed by atoms with Crippen molar-refractivity contribution in [2.24, 2.45) is 0 Å². The highest BCUT2D eigenvalue weighted by Gasteiger charge is 2.21. The molecule has 2 heterocycles. The number of nitrogens with zero attached hydrogens (tertiary/aromatic N) is 2. The monoisotopic (exact) mass is 248 g/mol. The molecule has 1 atom stereocenters. The van der Waals surface area contributed by atoms with Gasteiger partial charge in [0.1, 0.15) is 5.82 Å². The van der Waals surface area contributed by atoms with Crippen LogP contribution in [0.3, 0.4) is 0 Å². The van der Waals surface area contributed by atoms with Crippen molar-refractivity contribution in [2.75, 3.05) is 36.9 Å². The standard InChI is InChI=1S/C14H24N4/c1-3-4-7-16-14-10-13(5-8-17-14)18-9-6-12(11-18)15-2/h5,8,10,12,15H,3-4,6-7,9,11H2,1-2H3,(H,16,17). The van der Waals surface area contributed by atoms with Crippen molar-refractivity contribution < 1.29 is 0 Å². The Morgan fingerprint density at radius 2 is 2.39 bits per heavy atom. The van der Waals surface area contributed by atoms with Gasteiger partial charge < -0.3 is 15.5 Å². The van der Waals surface area contributed by atoms with E-state index in [1.165, 1.54) is 24.9 Å². The lowest BCUT2D eigenvalue weighted by Crippen LogP contribution is -2.29. The normalized spacial score (nSPS) is 19.2. The second-order valence-electron chi connectivity index (χ2n) is 4.90. The quantitative estimate of drug-likeness (QED) is 0.756. The lowest BCUT2D eigenvalue weighted by Gasteiger charge is -2.19. The Labute approximate surface area is 110 Å². The summed E-state index contributed by atoms with van der Waals surface area (Å²) in [5.41, 5.74) is 1.28. The van der Waals surface area contributed by atoms with Gasteiger partial charge in [0, 0.05) is 43.6 Å². The smallest absolute Gasteiger partial charge is 0.127 e. The van der Waals surface area contributed by atoms with Crippen molar-refractivity contribution in [2.45, 2.75) is 32.2 Å². The number of anilines is 2. The zero-order valence-corrected chi connectivity index (χ0v) is 11.4. The number of unbranched alkanes of at least 4 members (excludes halogenated alkanes) is 1. The van der Waals surface area contributed by atoms with Gasteiger partial charge in [-0.2, -0.15) is 0 Å². The minimum atomic E-state index is 0.620. The molecule has 1 aliphatic heterocycles. The summed E-state index contributed by atoms with van der Waals surface area (Å²) in [6.07, 6.45) is 5.52. The Hall–Kier alpha value is -1.29. The molecule has 1 aromatic rings. The molecule has 18 heavy (non-hydrogen) atoms. The van der Waals surface area contributed by atoms with Crippen LogP contribution in [0.15, 0.2) is 18.3 Å². The first-order chi connectivity index (χ1) is 8.83. The van der Waals surface area contributed by atoms with Crippen LogP contribution in [-0.4, -0.2) is 37.7 Å². The lowest BCUT2D eigenvalue weighted by atomic mass is 10.3. The van der Waals surface area contributed by atoms with E-state index >= 15 is 0 Å². The van der Waals surface area contributed by atoms with Crippen molar-refractivity contribution in [3.63, 3.8) is 0 Å². The van der Waals surface area contributed by atoms with Gasteiger partial charge in [-0.15, -0.1) is 0 Å². The van der Waals surface area contributed by atoms with Crippen LogP contribution in [0.4, 0.5) is 11.5 Å². The summed E-state index contributed by atoms with van der Waals surface area (Å²) in [5.74, 6) is 0.994. The van der Waals surface area contributed by atoms with E-state index in [1.54, 1.807) is 0 Å². The number of rotatable bonds is 6. The number of likely N-dealkylation sites (N-methyl/N-ethyl adjacent to an activating group) is 1. The van der Waals surface area contributed by atoms with Crippen LogP contribution in [-0.2, 0) is 0 Å². The van der Waals surface area contributed by atoms with Crippen molar-refractivity contribution in [3.05, 3.63) is 18.3 Å². The fourth-order valence-electron chi connectivity index (χ4n) is 2.34. The first kappa shape index (κ1) is 13.1. The molecule has 1 saturated heterocycles. The fraction of sp³-hybridized carbons (Fsp3) is 0.643. The molecular weight excluding hydrogens is 224 g/mol. The van der Waals surface area contributed by atoms with Gasteiger partial charge in [-0.1, -0.05) is 13.3 Å². The molecule has 2 N–H and O–H groups in total. The third-order valence-corrected chi connectivity index (χ3v) is 3.54. The molecule has 1 unspecified atom stereocenters. The van der Waals surface area contributed by atoms with Crippen LogP contribution >= 0.6 is 0 Å². The third-order valence-electron chi connectivity index (χ3n) is 3.54. The highest BCUT2D eigenvalue weighted by Crippen LogP contribution is 2.22. The Bertz CT molecular complexity index is 367. The molecule has 0 radical (unpaired) electrons. The van der Waals surface area contributed by atoms with Crippen molar-refractivity contribution in [3.8, 4) is 0 Å². The third kappa shape index (κ3) is 3.35. The summed E-state index contributed by atoms with van der Waals surface area (Å²) in [6.45, 7) is 5.43. The summed E-state index contributed by atoms with van der Waals surface area (Å²) < 4.78 is 0. The molecule has 4 nitrogen and oxygen atoms in total. The van der Waals surface area contributed by atoms with Crippen molar-refractivity contribution in [1.29, 1.82) is 0 Å². The molecule has 0 spiro atoms. The van der Waals surface area contributed by atoms with Crippen LogP contribution < -0.4 is 15.5 Å². The zero-order chi connectivity index (χ0) is 12.8. The maximum Gasteiger partial charge on any atom is 0.127 e. The fourth-order valence-corrected chi connectivity index (χ4v) is 2.34. The van der Waals surface area contributed by atoms with Crippen LogP contribution in [0.25, 0.3) is 0 Å². The summed E-state index contributed by atoms with van der Waals surface area (Å²) in [4.78, 5) is 6.79. The van der Waals surface area contributed by atoms with Crippen molar-refractivity contribution >= 4 is 11.5 Å². The SMILES string of the molecule is CCCCNc1cc(N2CCC(NC)C2)ccn1. The van der Waals surface area contributed by atoms with Gasteiger partial charge in [0.25, 0.3) is 0 Å². The van der Waals surface area contributed by atoms with Gasteiger partial charge >= 0.3 is 0 Å². The van der Waals surface area contributed by atoms with E-state index in [0.29, 0.717) is 6.04 Å². The van der Waals surface area contributed by atoms with E-state index in [1.807, 2.05) is 13.2 Å². The molecule has 0 bridgehead atoms. The summed E-state index contributed by atoms with van der Waals surface area (Å²) in [6, 6.07) is 4.88. The highest BCUT2D eigenvalue weighted by atomic mass is 15.2. The summed E-state index contributed by atoms with van der Waals surface area (Å²) in [5, 5.41) is 6.73. The Kier molecular flexibility index (Phi) is 4.81. The van der Waals surface area contributed by atoms with Crippen LogP contribution in [0.1, 0.15) is 26.2 Å². The average molecular weight is 248 g/mol. The summed E-state index contributed by atoms with van der Waals surface area (Å²) in [7, 11) is 2.04. The van der Waals surface area contributed by atoms with E-state index in [-0.39, 0.29) is 0 Å². The maximum absolute atomic E-state index is 4.37. The largest absolute Gasteiger partial charge is 0.370 e. The first-order valence-electron chi connectivity index (χ1n) is 6.95. The Morgan fingerprint density at radius 3 is 3.11 bits per heavy atom. The van der Waals surface area contributed by atoms with Crippen LogP contribution in [0.2, 0.25) is 0 Å². The molecule has 1 aromatic heterocycles. The van der Waals surface area contributed by atoms with Gasteiger partial charge in [-0.3, -0.25) is 0 Å². The summed E-state index contributed by atoms with van der Waals surface area (Å²) >= 11 is 0. The molecule has 1 aliphatic rings. The minimum absolute atomic E-state index is 0.620. The van der Waals surface area contributed by atoms with Crippen LogP contribution in [0.5, 0.6) is 0 Å². The zero-order valence-electron chi connectivity index (χ0n) is 11.4. The molecule has 0 aliphatic carbocycles. The predicted octanol–water partition coefficient (Wildman–Crippen LogP) is 2.09. The average Bonchev–Trinajstić information content (AvgIpc) is 2.88. The Morgan fingerprint density at radius 1 is 1.50 bits per heavy atom. The molecule has 1 fully saturated rings. The lowest BCUT2D eigenvalue weighted by molar-refractivity contribution is 0.617. The van der Waals surface area contributed by atoms with E-state index in [4.69, 9.17) is 0 Å². The number of aromatic nitrogens is 1. The Balaban J connectivity index is 1.94. The van der Waals surface area contributed by atoms with Gasteiger partial charge in [0.05, 0.1) is 0 Å². The van der Waals surface area contributed by atoms with Gasteiger partial charge in [0.15, 0.2) is 0 Å². The molecule has 2 rings (SSSR count). The second-order valence-corrected chi connectivity index (χ2v) is 4.90. The first-order valence-corrected chi connectivity index (χ1v) is 6.95. The van der Waals surface area contributed by atoms with Crippen molar-refractivity contribution in [1.82, 2.24) is 10.3 Å². The van der Waals surface area contributed by atoms with Gasteiger partial charge in [-0.05, 0) is 26.0 Å². The van der Waals surface area contributed by atoms with Crippen LogP contribution in [0, 0.1) is 0 Å². The van der Waals surface area contributed by atoms with E-state index < -0.39 is 0 Å². The number of nitrogens with one attached hydrogen (secondary N) is 2. The second kappa shape index (κ2) is 6.59. The molecule has 4 heteroatoms.